The molecule has 0 bridgehead atoms. The summed E-state index contributed by atoms with van der Waals surface area (Å²) in [5, 5.41) is 17.3. The van der Waals surface area contributed by atoms with Crippen LogP contribution in [-0.4, -0.2) is 84.8 Å². The Morgan fingerprint density at radius 1 is 1.40 bits per heavy atom. The normalized spacial score (nSPS) is 18.8. The molecule has 1 saturated heterocycles. The molecule has 15 nitrogen and oxygen atoms in total. The summed E-state index contributed by atoms with van der Waals surface area (Å²) >= 11 is 2.39. The largest absolute Gasteiger partial charge is 0.477 e. The summed E-state index contributed by atoms with van der Waals surface area (Å²) in [6.07, 6.45) is 5.16. The van der Waals surface area contributed by atoms with Crippen molar-refractivity contribution in [2.45, 2.75) is 24.9 Å². The van der Waals surface area contributed by atoms with Gasteiger partial charge in [0.1, 0.15) is 33.8 Å². The summed E-state index contributed by atoms with van der Waals surface area (Å²) in [6.45, 7) is 1.48. The molecule has 1 fully saturated rings. The molecule has 0 radical (unpaired) electrons. The van der Waals surface area contributed by atoms with Crippen LogP contribution < -0.4 is 15.6 Å². The Morgan fingerprint density at radius 3 is 2.95 bits per heavy atom. The van der Waals surface area contributed by atoms with Crippen LogP contribution in [0, 0.1) is 0 Å². The molecule has 5 heterocycles. The number of carboxylic acid groups (broad SMARTS) is 1. The predicted molar refractivity (Wildman–Crippen MR) is 142 cm³/mol. The maximum atomic E-state index is 13.1. The molecule has 5 N–H and O–H groups in total. The van der Waals surface area contributed by atoms with Crippen molar-refractivity contribution in [3.05, 3.63) is 47.1 Å². The van der Waals surface area contributed by atoms with E-state index in [0.717, 1.165) is 22.4 Å². The lowest BCUT2D eigenvalue weighted by molar-refractivity contribution is -0.687. The third-order valence-electron chi connectivity index (χ3n) is 5.95. The van der Waals surface area contributed by atoms with E-state index < -0.39 is 41.8 Å². The molecule has 2 amide bonds. The molecule has 3 aromatic rings. The fraction of sp³-hybridized carbons (Fsp3) is 0.304. The number of thiazole rings is 1. The van der Waals surface area contributed by atoms with Crippen LogP contribution in [0.4, 0.5) is 5.13 Å². The fourth-order valence-electron chi connectivity index (χ4n) is 4.21. The summed E-state index contributed by atoms with van der Waals surface area (Å²) in [5.74, 6) is -2.99. The van der Waals surface area contributed by atoms with E-state index >= 15 is 0 Å². The Hall–Kier alpha value is -4.51. The Kier molecular flexibility index (Phi) is 7.65. The minimum atomic E-state index is -1.24. The van der Waals surface area contributed by atoms with Gasteiger partial charge < -0.3 is 30.7 Å². The minimum Gasteiger partial charge on any atom is -0.477 e. The molecule has 0 saturated carbocycles. The zero-order valence-electron chi connectivity index (χ0n) is 20.9. The monoisotopic (exact) mass is 587 g/mol. The van der Waals surface area contributed by atoms with Crippen molar-refractivity contribution >= 4 is 68.7 Å². The highest BCUT2D eigenvalue weighted by atomic mass is 32.2. The number of aliphatic carboxylic acids is 1. The van der Waals surface area contributed by atoms with Crippen LogP contribution in [0.15, 0.2) is 46.6 Å². The molecule has 2 aliphatic heterocycles. The number of ether oxygens (including phenoxy) is 1. The Morgan fingerprint density at radius 2 is 2.23 bits per heavy atom. The van der Waals surface area contributed by atoms with Crippen LogP contribution in [0.3, 0.4) is 0 Å². The number of hydrogen-bond acceptors (Lipinski definition) is 12. The lowest BCUT2D eigenvalue weighted by Crippen LogP contribution is -2.71. The number of carbonyl (C=O) groups is 4. The van der Waals surface area contributed by atoms with Gasteiger partial charge in [0.2, 0.25) is 6.61 Å². The highest BCUT2D eigenvalue weighted by Crippen LogP contribution is 2.40. The summed E-state index contributed by atoms with van der Waals surface area (Å²) < 4.78 is 6.58. The van der Waals surface area contributed by atoms with E-state index in [1.807, 2.05) is 10.8 Å². The number of rotatable bonds is 10. The molecule has 3 aromatic heterocycles. The summed E-state index contributed by atoms with van der Waals surface area (Å²) in [6, 6.07) is 0.783. The van der Waals surface area contributed by atoms with Crippen molar-refractivity contribution in [2.75, 3.05) is 24.7 Å². The zero-order valence-corrected chi connectivity index (χ0v) is 22.5. The highest BCUT2D eigenvalue weighted by Gasteiger charge is 2.54. The number of carboxylic acids is 1. The second-order valence-electron chi connectivity index (χ2n) is 8.53. The number of aromatic nitrogens is 4. The number of nitrogens with two attached hydrogens (primary N) is 1. The number of esters is 1. The van der Waals surface area contributed by atoms with Crippen LogP contribution in [0.1, 0.15) is 12.6 Å². The summed E-state index contributed by atoms with van der Waals surface area (Å²) in [7, 11) is 0. The number of amides is 2. The first-order chi connectivity index (χ1) is 19.3. The van der Waals surface area contributed by atoms with Gasteiger partial charge in [-0.3, -0.25) is 14.5 Å². The number of hydrogen-bond donors (Lipinski definition) is 4. The number of oxime groups is 1. The lowest BCUT2D eigenvalue weighted by atomic mass is 10.0. The number of aromatic amines is 1. The number of pyridine rings is 1. The first-order valence-electron chi connectivity index (χ1n) is 11.9. The van der Waals surface area contributed by atoms with Gasteiger partial charge in [0.15, 0.2) is 29.8 Å². The van der Waals surface area contributed by atoms with E-state index in [9.17, 15) is 24.3 Å². The van der Waals surface area contributed by atoms with E-state index in [2.05, 4.69) is 25.4 Å². The van der Waals surface area contributed by atoms with Gasteiger partial charge in [-0.1, -0.05) is 5.16 Å². The number of nitrogens with one attached hydrogen (secondary N) is 2. The van der Waals surface area contributed by atoms with Crippen LogP contribution in [0.2, 0.25) is 0 Å². The van der Waals surface area contributed by atoms with Crippen LogP contribution >= 0.6 is 23.1 Å². The van der Waals surface area contributed by atoms with E-state index in [0.29, 0.717) is 11.3 Å². The van der Waals surface area contributed by atoms with E-state index in [4.69, 9.17) is 15.3 Å². The van der Waals surface area contributed by atoms with E-state index in [1.54, 1.807) is 25.5 Å². The van der Waals surface area contributed by atoms with Crippen LogP contribution in [0.5, 0.6) is 0 Å². The zero-order chi connectivity index (χ0) is 28.4. The summed E-state index contributed by atoms with van der Waals surface area (Å²) in [4.78, 5) is 67.5. The second kappa shape index (κ2) is 11.3. The lowest BCUT2D eigenvalue weighted by Gasteiger charge is -2.49. The molecular formula is C23H23N8O7S2+. The predicted octanol–water partition coefficient (Wildman–Crippen LogP) is -0.388. The Labute approximate surface area is 234 Å². The number of H-pyrrole nitrogens is 1. The minimum absolute atomic E-state index is 0.0865. The third-order valence-corrected chi connectivity index (χ3v) is 7.97. The van der Waals surface area contributed by atoms with Crippen molar-refractivity contribution < 1.29 is 38.4 Å². The van der Waals surface area contributed by atoms with Gasteiger partial charge >= 0.3 is 11.9 Å². The number of nitrogens with zero attached hydrogens (tertiary/aromatic N) is 5. The first kappa shape index (κ1) is 27.1. The highest BCUT2D eigenvalue weighted by molar-refractivity contribution is 8.00. The molecule has 17 heteroatoms. The van der Waals surface area contributed by atoms with Gasteiger partial charge in [-0.2, -0.15) is 4.57 Å². The van der Waals surface area contributed by atoms with Gasteiger partial charge in [-0.15, -0.1) is 23.1 Å². The maximum Gasteiger partial charge on any atom is 0.352 e. The maximum absolute atomic E-state index is 13.1. The smallest absolute Gasteiger partial charge is 0.352 e. The number of anilines is 1. The molecule has 0 aliphatic carbocycles. The summed E-state index contributed by atoms with van der Waals surface area (Å²) in [5.41, 5.74) is 7.46. The van der Waals surface area contributed by atoms with Gasteiger partial charge in [0, 0.05) is 22.8 Å². The molecule has 0 aromatic carbocycles. The quantitative estimate of drug-likeness (QED) is 0.0790. The SMILES string of the molecule is CCOC(=O)CON=C(C(=O)NC1C(=O)N2C(C(=O)O)=C(C[n+]3ccc4nc[nH]c4c3)CS[C@@H]12)c1csc(N)n1. The van der Waals surface area contributed by atoms with Gasteiger partial charge in [0.05, 0.1) is 12.9 Å². The van der Waals surface area contributed by atoms with Crippen molar-refractivity contribution in [3.63, 3.8) is 0 Å². The molecular weight excluding hydrogens is 564 g/mol. The number of nitrogen functional groups attached to an aromatic ring is 1. The van der Waals surface area contributed by atoms with Crippen LogP contribution in [-0.2, 0) is 35.3 Å². The molecule has 2 atom stereocenters. The number of carbonyl (C=O) groups excluding carboxylic acids is 3. The van der Waals surface area contributed by atoms with Crippen molar-refractivity contribution in [3.8, 4) is 0 Å². The van der Waals surface area contributed by atoms with Crippen molar-refractivity contribution in [1.82, 2.24) is 25.2 Å². The standard InChI is InChI=1S/C23H22N8O7S2/c1-2-37-15(32)7-38-29-16(14-9-40-23(24)27-14)19(33)28-17-20(34)31-18(22(35)36)11(8-39-21(17)31)5-30-4-3-12-13(6-30)26-10-25-12/h3-4,6,9-10,17,21H,2,5,7-8H2,1H3,(H4,24,27,28,33,35,36)/p+1/t17?,21-/m0/s1. The van der Waals surface area contributed by atoms with Crippen molar-refractivity contribution in [2.24, 2.45) is 5.16 Å². The molecule has 1 unspecified atom stereocenters. The van der Waals surface area contributed by atoms with Crippen molar-refractivity contribution in [1.29, 1.82) is 0 Å². The molecule has 40 heavy (non-hydrogen) atoms. The van der Waals surface area contributed by atoms with Gasteiger partial charge in [-0.25, -0.2) is 19.6 Å². The topological polar surface area (TPSA) is 206 Å². The van der Waals surface area contributed by atoms with Gasteiger partial charge in [0.25, 0.3) is 11.8 Å². The number of imidazole rings is 1. The molecule has 2 aliphatic rings. The number of fused-ring (bicyclic) bond motifs is 2. The molecule has 0 spiro atoms. The number of β-lactam (4-membered cyclic amide) rings is 1. The first-order valence-corrected chi connectivity index (χ1v) is 13.8. The molecule has 208 valence electrons. The van der Waals surface area contributed by atoms with E-state index in [-0.39, 0.29) is 35.4 Å². The average Bonchev–Trinajstić information content (AvgIpc) is 3.57. The third kappa shape index (κ3) is 5.32. The van der Waals surface area contributed by atoms with E-state index in [1.165, 1.54) is 22.0 Å². The second-order valence-corrected chi connectivity index (χ2v) is 10.5. The molecule has 5 rings (SSSR count). The number of thioether (sulfide) groups is 1. The fourth-order valence-corrected chi connectivity index (χ4v) is 6.10. The van der Waals surface area contributed by atoms with Gasteiger partial charge in [-0.05, 0) is 6.92 Å². The van der Waals surface area contributed by atoms with Crippen LogP contribution in [0.25, 0.3) is 11.0 Å². The Bertz CT molecular complexity index is 1570. The Balaban J connectivity index is 1.32. The average molecular weight is 588 g/mol.